The van der Waals surface area contributed by atoms with E-state index in [0.29, 0.717) is 54.2 Å². The lowest BCUT2D eigenvalue weighted by Gasteiger charge is -2.64. The molecule has 7 fully saturated rings. The number of anilines is 2. The first-order valence-corrected chi connectivity index (χ1v) is 27.4. The molecule has 16 heteroatoms. The Morgan fingerprint density at radius 3 is 2.44 bits per heavy atom. The van der Waals surface area contributed by atoms with E-state index in [0.717, 1.165) is 81.5 Å². The topological polar surface area (TPSA) is 186 Å². The lowest BCUT2D eigenvalue weighted by molar-refractivity contribution is -0.384. The molecular formula is C55H68N8O7S. The Morgan fingerprint density at radius 1 is 0.958 bits per heavy atom. The Labute approximate surface area is 416 Å². The Bertz CT molecular complexity index is 2910. The molecule has 2 saturated heterocycles. The number of amides is 1. The van der Waals surface area contributed by atoms with E-state index in [4.69, 9.17) is 4.74 Å². The number of rotatable bonds is 15. The van der Waals surface area contributed by atoms with Gasteiger partial charge in [0.1, 0.15) is 22.8 Å². The van der Waals surface area contributed by atoms with E-state index in [2.05, 4.69) is 72.8 Å². The van der Waals surface area contributed by atoms with Gasteiger partial charge in [-0.3, -0.25) is 24.7 Å². The van der Waals surface area contributed by atoms with Crippen LogP contribution >= 0.6 is 0 Å². The summed E-state index contributed by atoms with van der Waals surface area (Å²) in [4.78, 5) is 40.8. The molecule has 1 spiro atoms. The van der Waals surface area contributed by atoms with Crippen molar-refractivity contribution in [2.75, 3.05) is 56.0 Å². The highest BCUT2D eigenvalue weighted by atomic mass is 32.2. The molecular weight excluding hydrogens is 917 g/mol. The Hall–Kier alpha value is -5.55. The van der Waals surface area contributed by atoms with Crippen LogP contribution < -0.4 is 19.7 Å². The number of ether oxygens (including phenoxy) is 1. The van der Waals surface area contributed by atoms with Crippen LogP contribution in [0.3, 0.4) is 0 Å². The van der Waals surface area contributed by atoms with Crippen LogP contribution in [-0.2, 0) is 10.0 Å². The molecule has 0 radical (unpaired) electrons. The lowest BCUT2D eigenvalue weighted by atomic mass is 9.44. The zero-order valence-electron chi connectivity index (χ0n) is 41.2. The quantitative estimate of drug-likeness (QED) is 0.0576. The number of aromatic amines is 1. The molecule has 2 aliphatic heterocycles. The van der Waals surface area contributed by atoms with E-state index in [1.54, 1.807) is 30.6 Å². The predicted molar refractivity (Wildman–Crippen MR) is 275 cm³/mol. The van der Waals surface area contributed by atoms with Crippen LogP contribution in [0, 0.1) is 32.8 Å². The normalized spacial score (nSPS) is 26.7. The third-order valence-electron chi connectivity index (χ3n) is 17.5. The summed E-state index contributed by atoms with van der Waals surface area (Å²) >= 11 is 0. The first-order valence-electron chi connectivity index (χ1n) is 25.9. The van der Waals surface area contributed by atoms with E-state index < -0.39 is 37.0 Å². The number of nitro groups is 1. The van der Waals surface area contributed by atoms with E-state index in [1.807, 2.05) is 19.1 Å². The Kier molecular flexibility index (Phi) is 12.4. The molecule has 12 rings (SSSR count). The van der Waals surface area contributed by atoms with Crippen molar-refractivity contribution in [3.05, 3.63) is 112 Å². The number of carbonyl (C=O) groups is 1. The number of hydrogen-bond acceptors (Lipinski definition) is 12. The summed E-state index contributed by atoms with van der Waals surface area (Å²) in [6, 6.07) is 22.6. The maximum Gasteiger partial charge on any atom is 0.293 e. The number of benzene rings is 3. The zero-order chi connectivity index (χ0) is 49.3. The molecule has 376 valence electrons. The summed E-state index contributed by atoms with van der Waals surface area (Å²) in [6.45, 7) is 13.2. The van der Waals surface area contributed by atoms with E-state index in [9.17, 15) is 28.4 Å². The minimum atomic E-state index is -4.57. The third kappa shape index (κ3) is 9.64. The number of aliphatic hydroxyl groups is 1. The lowest BCUT2D eigenvalue weighted by Crippen LogP contribution is -2.63. The summed E-state index contributed by atoms with van der Waals surface area (Å²) in [7, 11) is -4.57. The molecule has 1 atom stereocenters. The van der Waals surface area contributed by atoms with Gasteiger partial charge in [-0.15, -0.1) is 0 Å². The van der Waals surface area contributed by atoms with Crippen LogP contribution in [0.1, 0.15) is 125 Å². The van der Waals surface area contributed by atoms with E-state index >= 15 is 0 Å². The Balaban J connectivity index is 0.779. The maximum absolute atomic E-state index is 14.1. The van der Waals surface area contributed by atoms with Crippen molar-refractivity contribution < 1.29 is 28.0 Å². The van der Waals surface area contributed by atoms with Gasteiger partial charge < -0.3 is 25.0 Å². The van der Waals surface area contributed by atoms with Crippen molar-refractivity contribution in [3.63, 3.8) is 0 Å². The average molecular weight is 985 g/mol. The molecule has 3 aromatic carbocycles. The minimum absolute atomic E-state index is 0.0149. The standard InChI is InChI=1S/C55H68N8O7S/c1-36(2)44-6-4-5-7-45(44)49-34-60(35-55-27-38(28-55)29-55)22-23-62(49)41-30-54(31-41)17-20-61(21-18-54)40-8-10-46(50(25-40)70-42-24-39-14-19-56-51(39)58-33-42)52(64)59-71(68,69)43-9-11-47(48(26-43)63(66)67)57-32-37-12-15-53(3,65)16-13-37/h4-11,14,19,24-26,33,36-38,41,49,57,65H,12-13,15-18,20-23,27-32,34-35H2,1-3H3,(H,56,58)(H,59,64)/t37-,38?,49?,53-,55?. The number of piperidine rings is 1. The van der Waals surface area contributed by atoms with Crippen LogP contribution in [-0.4, -0.2) is 102 Å². The van der Waals surface area contributed by atoms with Crippen molar-refractivity contribution >= 4 is 44.0 Å². The molecule has 5 aliphatic carbocycles. The van der Waals surface area contributed by atoms with E-state index in [-0.39, 0.29) is 28.3 Å². The van der Waals surface area contributed by atoms with Crippen molar-refractivity contribution in [2.45, 2.75) is 120 Å². The SMILES string of the molecule is CC(C)c1ccccc1C1CN(CC23CC(C2)C3)CCN1C1CC2(CCN(c3ccc(C(=O)NS(=O)(=O)c4ccc(NC[C@H]5CC[C@](C)(O)CC5)c([N+](=O)[O-])c4)c(Oc4cnc5[nH]ccc5c4)c3)CC2)C1. The number of nitro benzene ring substituents is 1. The third-order valence-corrected chi connectivity index (χ3v) is 18.8. The minimum Gasteiger partial charge on any atom is -0.455 e. The van der Waals surface area contributed by atoms with Crippen LogP contribution in [0.15, 0.2) is 90.1 Å². The fraction of sp³-hybridized carbons (Fsp3) is 0.527. The highest BCUT2D eigenvalue weighted by molar-refractivity contribution is 7.90. The number of fused-ring (bicyclic) bond motifs is 1. The number of nitrogens with one attached hydrogen (secondary N) is 3. The number of sulfonamides is 1. The molecule has 5 aromatic rings. The predicted octanol–water partition coefficient (Wildman–Crippen LogP) is 9.77. The largest absolute Gasteiger partial charge is 0.455 e. The van der Waals surface area contributed by atoms with Crippen molar-refractivity contribution in [1.29, 1.82) is 0 Å². The zero-order valence-corrected chi connectivity index (χ0v) is 42.1. The average Bonchev–Trinajstić information content (AvgIpc) is 3.79. The molecule has 1 amide bonds. The van der Waals surface area contributed by atoms with Gasteiger partial charge in [0.25, 0.3) is 21.6 Å². The van der Waals surface area contributed by atoms with Gasteiger partial charge in [-0.1, -0.05) is 38.1 Å². The first-order chi connectivity index (χ1) is 34.0. The first kappa shape index (κ1) is 47.8. The second kappa shape index (κ2) is 18.5. The second-order valence-electron chi connectivity index (χ2n) is 22.9. The molecule has 4 N–H and O–H groups in total. The summed E-state index contributed by atoms with van der Waals surface area (Å²) in [5.41, 5.74) is 4.42. The molecule has 1 unspecified atom stereocenters. The van der Waals surface area contributed by atoms with Gasteiger partial charge in [0.15, 0.2) is 0 Å². The smallest absolute Gasteiger partial charge is 0.293 e. The number of carbonyl (C=O) groups excluding carboxylic acids is 1. The fourth-order valence-corrected chi connectivity index (χ4v) is 14.2. The number of piperazine rings is 1. The molecule has 5 saturated carbocycles. The molecule has 2 bridgehead atoms. The van der Waals surface area contributed by atoms with Gasteiger partial charge >= 0.3 is 0 Å². The van der Waals surface area contributed by atoms with Crippen LogP contribution in [0.25, 0.3) is 11.0 Å². The molecule has 7 aliphatic rings. The number of H-pyrrole nitrogens is 1. The summed E-state index contributed by atoms with van der Waals surface area (Å²) in [5.74, 6) is 1.26. The molecule has 2 aromatic heterocycles. The number of aromatic nitrogens is 2. The van der Waals surface area contributed by atoms with Crippen molar-refractivity contribution in [2.24, 2.45) is 22.7 Å². The molecule has 71 heavy (non-hydrogen) atoms. The number of nitrogens with zero attached hydrogens (tertiary/aromatic N) is 5. The molecule has 15 nitrogen and oxygen atoms in total. The fourth-order valence-electron chi connectivity index (χ4n) is 13.3. The van der Waals surface area contributed by atoms with Gasteiger partial charge in [-0.2, -0.15) is 0 Å². The summed E-state index contributed by atoms with van der Waals surface area (Å²) < 4.78 is 36.2. The monoisotopic (exact) mass is 984 g/mol. The van der Waals surface area contributed by atoms with E-state index in [1.165, 1.54) is 61.9 Å². The number of hydrogen-bond donors (Lipinski definition) is 4. The van der Waals surface area contributed by atoms with Crippen LogP contribution in [0.5, 0.6) is 11.5 Å². The van der Waals surface area contributed by atoms with Gasteiger partial charge in [0, 0.05) is 87.3 Å². The Morgan fingerprint density at radius 2 is 1.72 bits per heavy atom. The van der Waals surface area contributed by atoms with Crippen LogP contribution in [0.4, 0.5) is 17.1 Å². The summed E-state index contributed by atoms with van der Waals surface area (Å²) in [6.07, 6.45) is 14.9. The van der Waals surface area contributed by atoms with Gasteiger partial charge in [-0.05, 0) is 154 Å². The van der Waals surface area contributed by atoms with Gasteiger partial charge in [-0.25, -0.2) is 18.1 Å². The highest BCUT2D eigenvalue weighted by Gasteiger charge is 2.57. The van der Waals surface area contributed by atoms with Crippen molar-refractivity contribution in [1.82, 2.24) is 24.5 Å². The van der Waals surface area contributed by atoms with Crippen molar-refractivity contribution in [3.8, 4) is 11.5 Å². The van der Waals surface area contributed by atoms with Gasteiger partial charge in [0.05, 0.1) is 27.2 Å². The maximum atomic E-state index is 14.1. The molecule has 4 heterocycles. The van der Waals surface area contributed by atoms with Gasteiger partial charge in [0.2, 0.25) is 0 Å². The highest BCUT2D eigenvalue weighted by Crippen LogP contribution is 2.65. The summed E-state index contributed by atoms with van der Waals surface area (Å²) in [5, 5.41) is 26.5. The van der Waals surface area contributed by atoms with Crippen LogP contribution in [0.2, 0.25) is 0 Å². The second-order valence-corrected chi connectivity index (χ2v) is 24.5. The number of pyridine rings is 1.